The van der Waals surface area contributed by atoms with Crippen molar-refractivity contribution in [3.05, 3.63) is 0 Å². The largest absolute Gasteiger partial charge is 0.373 e. The monoisotopic (exact) mass is 465 g/mol. The Hall–Kier alpha value is -0.0800. The Morgan fingerprint density at radius 1 is 1.20 bits per heavy atom. The highest BCUT2D eigenvalue weighted by Gasteiger charge is 2.41. The lowest BCUT2D eigenvalue weighted by Gasteiger charge is -2.36. The molecule has 2 N–H and O–H groups in total. The summed E-state index contributed by atoms with van der Waals surface area (Å²) in [6.07, 6.45) is 11.6. The molecule has 25 heavy (non-hydrogen) atoms. The van der Waals surface area contributed by atoms with Crippen molar-refractivity contribution >= 4 is 29.9 Å². The molecule has 5 nitrogen and oxygen atoms in total. The Bertz CT molecular complexity index is 427. The summed E-state index contributed by atoms with van der Waals surface area (Å²) in [6, 6.07) is 0.417. The lowest BCUT2D eigenvalue weighted by Crippen LogP contribution is -2.48. The van der Waals surface area contributed by atoms with E-state index >= 15 is 0 Å². The predicted molar refractivity (Wildman–Crippen MR) is 113 cm³/mol. The van der Waals surface area contributed by atoms with E-state index in [1.165, 1.54) is 32.1 Å². The van der Waals surface area contributed by atoms with Crippen molar-refractivity contribution in [2.75, 3.05) is 19.7 Å². The molecule has 0 aromatic carbocycles. The quantitative estimate of drug-likeness (QED) is 0.343. The number of ether oxygens (including phenoxy) is 2. The average Bonchev–Trinajstić information content (AvgIpc) is 3.22. The van der Waals surface area contributed by atoms with Gasteiger partial charge in [-0.2, -0.15) is 0 Å². The molecule has 146 valence electrons. The van der Waals surface area contributed by atoms with Crippen LogP contribution in [0.2, 0.25) is 0 Å². The van der Waals surface area contributed by atoms with E-state index < -0.39 is 0 Å². The van der Waals surface area contributed by atoms with Gasteiger partial charge in [0.1, 0.15) is 0 Å². The van der Waals surface area contributed by atoms with Crippen LogP contribution in [-0.4, -0.2) is 49.5 Å². The van der Waals surface area contributed by atoms with Crippen molar-refractivity contribution in [1.29, 1.82) is 0 Å². The molecule has 6 heteroatoms. The zero-order valence-electron chi connectivity index (χ0n) is 15.9. The summed E-state index contributed by atoms with van der Waals surface area (Å²) < 4.78 is 12.2. The van der Waals surface area contributed by atoms with Crippen LogP contribution in [0, 0.1) is 0 Å². The third kappa shape index (κ3) is 5.70. The molecular formula is C19H36IN3O2. The number of hydrogen-bond donors (Lipinski definition) is 2. The Labute approximate surface area is 170 Å². The third-order valence-corrected chi connectivity index (χ3v) is 5.67. The average molecular weight is 465 g/mol. The van der Waals surface area contributed by atoms with E-state index in [1.807, 2.05) is 0 Å². The maximum atomic E-state index is 6.28. The van der Waals surface area contributed by atoms with Crippen LogP contribution in [0.5, 0.6) is 0 Å². The van der Waals surface area contributed by atoms with Crippen LogP contribution >= 0.6 is 24.0 Å². The van der Waals surface area contributed by atoms with Crippen LogP contribution < -0.4 is 10.6 Å². The van der Waals surface area contributed by atoms with Crippen LogP contribution in [0.25, 0.3) is 0 Å². The van der Waals surface area contributed by atoms with Crippen molar-refractivity contribution in [2.24, 2.45) is 4.99 Å². The minimum atomic E-state index is -0.0399. The van der Waals surface area contributed by atoms with Crippen LogP contribution in [0.4, 0.5) is 0 Å². The molecule has 3 atom stereocenters. The van der Waals surface area contributed by atoms with E-state index in [1.54, 1.807) is 0 Å². The molecule has 1 saturated carbocycles. The first-order chi connectivity index (χ1) is 11.7. The number of halogens is 1. The van der Waals surface area contributed by atoms with Gasteiger partial charge in [0.25, 0.3) is 0 Å². The van der Waals surface area contributed by atoms with Gasteiger partial charge in [-0.3, -0.25) is 4.99 Å². The molecule has 3 aliphatic rings. The molecule has 0 aromatic rings. The van der Waals surface area contributed by atoms with E-state index in [0.29, 0.717) is 18.2 Å². The maximum absolute atomic E-state index is 6.28. The Kier molecular flexibility index (Phi) is 8.75. The third-order valence-electron chi connectivity index (χ3n) is 5.67. The number of fused-ring (bicyclic) bond motifs is 2. The van der Waals surface area contributed by atoms with E-state index in [-0.39, 0.29) is 29.6 Å². The molecule has 2 aliphatic heterocycles. The standard InChI is InChI=1S/C19H35N3O2.HI/c1-3-12-23-19(10-6-5-7-11-19)14-21-18(20-4-2)22-16-13-15-8-9-17(16)24-15;/h15-17H,3-14H2,1-2H3,(H2,20,21,22);1H. The first-order valence-corrected chi connectivity index (χ1v) is 10.1. The molecule has 3 fully saturated rings. The van der Waals surface area contributed by atoms with Crippen LogP contribution in [-0.2, 0) is 9.47 Å². The molecule has 2 heterocycles. The molecule has 0 amide bonds. The Balaban J connectivity index is 0.00000225. The minimum Gasteiger partial charge on any atom is -0.373 e. The summed E-state index contributed by atoms with van der Waals surface area (Å²) in [5, 5.41) is 7.03. The van der Waals surface area contributed by atoms with Gasteiger partial charge in [0.05, 0.1) is 30.4 Å². The second-order valence-electron chi connectivity index (χ2n) is 7.65. The Morgan fingerprint density at radius 2 is 2.00 bits per heavy atom. The summed E-state index contributed by atoms with van der Waals surface area (Å²) in [5.41, 5.74) is -0.0399. The van der Waals surface area contributed by atoms with Gasteiger partial charge in [0, 0.05) is 13.2 Å². The topological polar surface area (TPSA) is 54.9 Å². The lowest BCUT2D eigenvalue weighted by molar-refractivity contribution is -0.0624. The van der Waals surface area contributed by atoms with Gasteiger partial charge < -0.3 is 20.1 Å². The summed E-state index contributed by atoms with van der Waals surface area (Å²) in [5.74, 6) is 0.934. The second kappa shape index (κ2) is 10.3. The highest BCUT2D eigenvalue weighted by Crippen LogP contribution is 2.34. The summed E-state index contributed by atoms with van der Waals surface area (Å²) in [7, 11) is 0. The summed E-state index contributed by atoms with van der Waals surface area (Å²) in [6.45, 7) is 6.80. The van der Waals surface area contributed by atoms with E-state index in [9.17, 15) is 0 Å². The van der Waals surface area contributed by atoms with Crippen LogP contribution in [0.1, 0.15) is 71.6 Å². The highest BCUT2D eigenvalue weighted by atomic mass is 127. The van der Waals surface area contributed by atoms with Crippen LogP contribution in [0.15, 0.2) is 4.99 Å². The normalized spacial score (nSPS) is 30.8. The molecular weight excluding hydrogens is 429 g/mol. The second-order valence-corrected chi connectivity index (χ2v) is 7.65. The number of aliphatic imine (C=N–C) groups is 1. The fraction of sp³-hybridized carbons (Fsp3) is 0.947. The number of nitrogens with one attached hydrogen (secondary N) is 2. The zero-order valence-corrected chi connectivity index (χ0v) is 18.2. The lowest BCUT2D eigenvalue weighted by atomic mass is 9.84. The minimum absolute atomic E-state index is 0. The van der Waals surface area contributed by atoms with Gasteiger partial charge in [-0.05, 0) is 45.4 Å². The maximum Gasteiger partial charge on any atom is 0.191 e. The fourth-order valence-corrected chi connectivity index (χ4v) is 4.37. The molecule has 0 spiro atoms. The molecule has 0 radical (unpaired) electrons. The van der Waals surface area contributed by atoms with Crippen LogP contribution in [0.3, 0.4) is 0 Å². The Morgan fingerprint density at radius 3 is 2.60 bits per heavy atom. The molecule has 3 unspecified atom stereocenters. The van der Waals surface area contributed by atoms with E-state index in [4.69, 9.17) is 14.5 Å². The zero-order chi connectivity index (χ0) is 16.8. The van der Waals surface area contributed by atoms with E-state index in [0.717, 1.165) is 51.3 Å². The highest BCUT2D eigenvalue weighted by molar-refractivity contribution is 14.0. The number of guanidine groups is 1. The fourth-order valence-electron chi connectivity index (χ4n) is 4.37. The molecule has 2 bridgehead atoms. The first kappa shape index (κ1) is 21.2. The smallest absolute Gasteiger partial charge is 0.191 e. The van der Waals surface area contributed by atoms with Crippen molar-refractivity contribution in [1.82, 2.24) is 10.6 Å². The number of hydrogen-bond acceptors (Lipinski definition) is 3. The van der Waals surface area contributed by atoms with Crippen molar-refractivity contribution in [3.8, 4) is 0 Å². The molecule has 2 saturated heterocycles. The van der Waals surface area contributed by atoms with Gasteiger partial charge in [0.15, 0.2) is 5.96 Å². The molecule has 3 rings (SSSR count). The van der Waals surface area contributed by atoms with Crippen molar-refractivity contribution in [3.63, 3.8) is 0 Å². The predicted octanol–water partition coefficient (Wildman–Crippen LogP) is 3.61. The van der Waals surface area contributed by atoms with Gasteiger partial charge in [-0.1, -0.05) is 26.2 Å². The first-order valence-electron chi connectivity index (χ1n) is 10.1. The SMILES string of the molecule is CCCOC1(CN=C(NCC)NC2CC3CCC2O3)CCCCC1.I. The van der Waals surface area contributed by atoms with Gasteiger partial charge >= 0.3 is 0 Å². The van der Waals surface area contributed by atoms with Gasteiger partial charge in [0.2, 0.25) is 0 Å². The van der Waals surface area contributed by atoms with Crippen molar-refractivity contribution in [2.45, 2.75) is 95.5 Å². The molecule has 1 aliphatic carbocycles. The van der Waals surface area contributed by atoms with Crippen molar-refractivity contribution < 1.29 is 9.47 Å². The molecule has 0 aromatic heterocycles. The van der Waals surface area contributed by atoms with Gasteiger partial charge in [-0.15, -0.1) is 24.0 Å². The number of nitrogens with zero attached hydrogens (tertiary/aromatic N) is 1. The summed E-state index contributed by atoms with van der Waals surface area (Å²) in [4.78, 5) is 4.92. The van der Waals surface area contributed by atoms with E-state index in [2.05, 4.69) is 24.5 Å². The van der Waals surface area contributed by atoms with Gasteiger partial charge in [-0.25, -0.2) is 0 Å². The summed E-state index contributed by atoms with van der Waals surface area (Å²) >= 11 is 0. The number of rotatable bonds is 7.